The van der Waals surface area contributed by atoms with E-state index in [4.69, 9.17) is 21.3 Å². The first-order valence-electron chi connectivity index (χ1n) is 10.3. The fraction of sp³-hybridized carbons (Fsp3) is 0.160. The van der Waals surface area contributed by atoms with Crippen LogP contribution in [-0.4, -0.2) is 34.2 Å². The van der Waals surface area contributed by atoms with Crippen molar-refractivity contribution in [1.82, 2.24) is 4.90 Å². The topological polar surface area (TPSA) is 71.0 Å². The molecule has 0 saturated carbocycles. The summed E-state index contributed by atoms with van der Waals surface area (Å²) >= 11 is 7.21. The maximum Gasteiger partial charge on any atom is 0.238 e. The second-order valence-corrected chi connectivity index (χ2v) is 8.97. The third-order valence-electron chi connectivity index (χ3n) is 5.02. The number of anilines is 1. The van der Waals surface area contributed by atoms with Crippen LogP contribution >= 0.6 is 23.4 Å². The van der Waals surface area contributed by atoms with Crippen LogP contribution < -0.4 is 10.1 Å². The molecule has 1 N–H and O–H groups in total. The largest absolute Gasteiger partial charge is 0.497 e. The smallest absolute Gasteiger partial charge is 0.238 e. The normalized spacial score (nSPS) is 17.2. The van der Waals surface area contributed by atoms with Gasteiger partial charge in [-0.1, -0.05) is 53.7 Å². The summed E-state index contributed by atoms with van der Waals surface area (Å²) < 4.78 is 5.22. The van der Waals surface area contributed by atoms with Gasteiger partial charge in [-0.3, -0.25) is 14.5 Å². The molecule has 1 aliphatic rings. The summed E-state index contributed by atoms with van der Waals surface area (Å²) in [5.41, 5.74) is 2.28. The standard InChI is InChI=1S/C25H22ClN3O3S/c1-32-21-13-7-17(8-14-21)16-29-23(30)15-22(24(31)27-20-11-9-18(26)10-12-20)33-25(29)28-19-5-3-2-4-6-19/h2-14,22H,15-16H2,1H3,(H,27,31)/t22-/m1/s1. The molecule has 0 radical (unpaired) electrons. The molecule has 6 nitrogen and oxygen atoms in total. The van der Waals surface area contributed by atoms with Gasteiger partial charge in [-0.25, -0.2) is 4.99 Å². The highest BCUT2D eigenvalue weighted by Crippen LogP contribution is 2.31. The third kappa shape index (κ3) is 5.94. The Kier molecular flexibility index (Phi) is 7.32. The number of ether oxygens (including phenoxy) is 1. The fourth-order valence-corrected chi connectivity index (χ4v) is 4.50. The van der Waals surface area contributed by atoms with Crippen molar-refractivity contribution < 1.29 is 14.3 Å². The molecule has 1 aliphatic heterocycles. The molecule has 8 heteroatoms. The van der Waals surface area contributed by atoms with E-state index in [1.807, 2.05) is 54.6 Å². The second kappa shape index (κ2) is 10.6. The van der Waals surface area contributed by atoms with Crippen molar-refractivity contribution in [3.05, 3.63) is 89.4 Å². The van der Waals surface area contributed by atoms with Gasteiger partial charge < -0.3 is 10.1 Å². The number of nitrogens with zero attached hydrogens (tertiary/aromatic N) is 2. The summed E-state index contributed by atoms with van der Waals surface area (Å²) in [6.45, 7) is 0.354. The highest BCUT2D eigenvalue weighted by Gasteiger charge is 2.36. The molecule has 2 amide bonds. The van der Waals surface area contributed by atoms with Gasteiger partial charge in [0.2, 0.25) is 11.8 Å². The number of nitrogens with one attached hydrogen (secondary N) is 1. The molecule has 33 heavy (non-hydrogen) atoms. The van der Waals surface area contributed by atoms with Crippen LogP contribution in [0.1, 0.15) is 12.0 Å². The highest BCUT2D eigenvalue weighted by atomic mass is 35.5. The number of hydrogen-bond acceptors (Lipinski definition) is 5. The van der Waals surface area contributed by atoms with Crippen LogP contribution in [0.4, 0.5) is 11.4 Å². The number of methoxy groups -OCH3 is 1. The predicted molar refractivity (Wildman–Crippen MR) is 133 cm³/mol. The number of benzene rings is 3. The molecule has 0 aliphatic carbocycles. The molecule has 1 fully saturated rings. The predicted octanol–water partition coefficient (Wildman–Crippen LogP) is 5.51. The van der Waals surface area contributed by atoms with Crippen molar-refractivity contribution in [2.45, 2.75) is 18.2 Å². The molecular weight excluding hydrogens is 458 g/mol. The Morgan fingerprint density at radius 3 is 2.45 bits per heavy atom. The van der Waals surface area contributed by atoms with E-state index < -0.39 is 5.25 Å². The maximum absolute atomic E-state index is 13.1. The molecule has 0 spiro atoms. The molecule has 0 bridgehead atoms. The van der Waals surface area contributed by atoms with E-state index in [0.29, 0.717) is 28.1 Å². The quantitative estimate of drug-likeness (QED) is 0.506. The Labute approximate surface area is 201 Å². The lowest BCUT2D eigenvalue weighted by atomic mass is 10.2. The van der Waals surface area contributed by atoms with Gasteiger partial charge in [-0.05, 0) is 54.1 Å². The molecule has 0 unspecified atom stereocenters. The number of carbonyl (C=O) groups is 2. The number of amidine groups is 1. The summed E-state index contributed by atoms with van der Waals surface area (Å²) in [6.07, 6.45) is 0.0774. The van der Waals surface area contributed by atoms with Crippen LogP contribution in [0.25, 0.3) is 0 Å². The van der Waals surface area contributed by atoms with Crippen molar-refractivity contribution in [2.75, 3.05) is 12.4 Å². The number of amides is 2. The van der Waals surface area contributed by atoms with E-state index in [0.717, 1.165) is 11.3 Å². The molecule has 3 aromatic rings. The first-order valence-corrected chi connectivity index (χ1v) is 11.6. The van der Waals surface area contributed by atoms with Gasteiger partial charge in [0.15, 0.2) is 5.17 Å². The van der Waals surface area contributed by atoms with Crippen LogP contribution in [-0.2, 0) is 16.1 Å². The minimum atomic E-state index is -0.595. The number of para-hydroxylation sites is 1. The summed E-state index contributed by atoms with van der Waals surface area (Å²) in [7, 11) is 1.61. The minimum Gasteiger partial charge on any atom is -0.497 e. The minimum absolute atomic E-state index is 0.0774. The lowest BCUT2D eigenvalue weighted by molar-refractivity contribution is -0.129. The van der Waals surface area contributed by atoms with Crippen molar-refractivity contribution in [2.24, 2.45) is 4.99 Å². The second-order valence-electron chi connectivity index (χ2n) is 7.36. The molecule has 168 valence electrons. The van der Waals surface area contributed by atoms with E-state index in [1.165, 1.54) is 11.8 Å². The Hall–Kier alpha value is -3.29. The van der Waals surface area contributed by atoms with Gasteiger partial charge >= 0.3 is 0 Å². The molecule has 1 heterocycles. The first kappa shape index (κ1) is 22.9. The maximum atomic E-state index is 13.1. The molecule has 3 aromatic carbocycles. The van der Waals surface area contributed by atoms with E-state index >= 15 is 0 Å². The molecule has 4 rings (SSSR count). The Bertz CT molecular complexity index is 1150. The highest BCUT2D eigenvalue weighted by molar-refractivity contribution is 8.15. The summed E-state index contributed by atoms with van der Waals surface area (Å²) in [5, 5.41) is 3.34. The number of halogens is 1. The Balaban J connectivity index is 1.57. The summed E-state index contributed by atoms with van der Waals surface area (Å²) in [5.74, 6) is 0.339. The van der Waals surface area contributed by atoms with Crippen LogP contribution in [0, 0.1) is 0 Å². The van der Waals surface area contributed by atoms with E-state index in [1.54, 1.807) is 36.3 Å². The Morgan fingerprint density at radius 2 is 1.79 bits per heavy atom. The number of aliphatic imine (C=N–C) groups is 1. The molecule has 1 saturated heterocycles. The monoisotopic (exact) mass is 479 g/mol. The number of thioether (sulfide) groups is 1. The zero-order chi connectivity index (χ0) is 23.2. The molecular formula is C25H22ClN3O3S. The van der Waals surface area contributed by atoms with E-state index in [2.05, 4.69) is 5.32 Å². The Morgan fingerprint density at radius 1 is 1.09 bits per heavy atom. The zero-order valence-corrected chi connectivity index (χ0v) is 19.5. The lowest BCUT2D eigenvalue weighted by Gasteiger charge is -2.32. The summed E-state index contributed by atoms with van der Waals surface area (Å²) in [4.78, 5) is 32.4. The van der Waals surface area contributed by atoms with Gasteiger partial charge in [-0.15, -0.1) is 0 Å². The van der Waals surface area contributed by atoms with E-state index in [9.17, 15) is 9.59 Å². The molecule has 0 aromatic heterocycles. The first-order chi connectivity index (χ1) is 16.0. The lowest BCUT2D eigenvalue weighted by Crippen LogP contribution is -2.44. The SMILES string of the molecule is COc1ccc(CN2C(=O)C[C@H](C(=O)Nc3ccc(Cl)cc3)SC2=Nc2ccccc2)cc1. The van der Waals surface area contributed by atoms with Gasteiger partial charge in [0.25, 0.3) is 0 Å². The molecule has 1 atom stereocenters. The number of hydrogen-bond donors (Lipinski definition) is 1. The van der Waals surface area contributed by atoms with Crippen molar-refractivity contribution in [3.63, 3.8) is 0 Å². The fourth-order valence-electron chi connectivity index (χ4n) is 3.28. The number of rotatable bonds is 6. The van der Waals surface area contributed by atoms with Crippen LogP contribution in [0.3, 0.4) is 0 Å². The van der Waals surface area contributed by atoms with Gasteiger partial charge in [0.05, 0.1) is 19.3 Å². The van der Waals surface area contributed by atoms with Gasteiger partial charge in [0, 0.05) is 17.1 Å². The van der Waals surface area contributed by atoms with Gasteiger partial charge in [0.1, 0.15) is 11.0 Å². The van der Waals surface area contributed by atoms with Crippen molar-refractivity contribution in [3.8, 4) is 5.75 Å². The van der Waals surface area contributed by atoms with E-state index in [-0.39, 0.29) is 18.2 Å². The van der Waals surface area contributed by atoms with Crippen LogP contribution in [0.5, 0.6) is 5.75 Å². The average molecular weight is 480 g/mol. The van der Waals surface area contributed by atoms with Crippen molar-refractivity contribution in [1.29, 1.82) is 0 Å². The average Bonchev–Trinajstić information content (AvgIpc) is 2.83. The number of carbonyl (C=O) groups excluding carboxylic acids is 2. The zero-order valence-electron chi connectivity index (χ0n) is 17.9. The van der Waals surface area contributed by atoms with Crippen molar-refractivity contribution >= 4 is 51.7 Å². The van der Waals surface area contributed by atoms with Crippen LogP contribution in [0.2, 0.25) is 5.02 Å². The van der Waals surface area contributed by atoms with Crippen LogP contribution in [0.15, 0.2) is 83.9 Å². The third-order valence-corrected chi connectivity index (χ3v) is 6.46. The summed E-state index contributed by atoms with van der Waals surface area (Å²) in [6, 6.07) is 23.8. The van der Waals surface area contributed by atoms with Gasteiger partial charge in [-0.2, -0.15) is 0 Å².